The van der Waals surface area contributed by atoms with Gasteiger partial charge in [0.25, 0.3) is 5.91 Å². The predicted molar refractivity (Wildman–Crippen MR) is 97.5 cm³/mol. The molecule has 3 rings (SSSR count). The number of nitrogens with one attached hydrogen (secondary N) is 1. The Balaban J connectivity index is 1.98. The van der Waals surface area contributed by atoms with Gasteiger partial charge in [0.1, 0.15) is 11.5 Å². The summed E-state index contributed by atoms with van der Waals surface area (Å²) >= 11 is 1.46. The molecule has 1 amide bonds. The summed E-state index contributed by atoms with van der Waals surface area (Å²) in [6.07, 6.45) is 5.15. The van der Waals surface area contributed by atoms with Gasteiger partial charge in [0.15, 0.2) is 0 Å². The minimum absolute atomic E-state index is 0.0156. The number of carbonyl (C=O) groups is 1. The fourth-order valence-electron chi connectivity index (χ4n) is 2.63. The van der Waals surface area contributed by atoms with Crippen LogP contribution in [0.25, 0.3) is 10.9 Å². The Bertz CT molecular complexity index is 929. The molecule has 0 fully saturated rings. The number of carbonyl (C=O) groups excluding carboxylic acids is 1. The zero-order chi connectivity index (χ0) is 18.5. The third kappa shape index (κ3) is 3.87. The summed E-state index contributed by atoms with van der Waals surface area (Å²) in [6.45, 7) is -0.0447. The molecule has 0 unspecified atom stereocenters. The van der Waals surface area contributed by atoms with Crippen LogP contribution in [0.3, 0.4) is 0 Å². The highest BCUT2D eigenvalue weighted by Gasteiger charge is 2.17. The van der Waals surface area contributed by atoms with Gasteiger partial charge in [-0.2, -0.15) is 0 Å². The van der Waals surface area contributed by atoms with Crippen molar-refractivity contribution in [2.45, 2.75) is 11.4 Å². The zero-order valence-corrected chi connectivity index (χ0v) is 14.9. The molecule has 0 aliphatic rings. The first-order chi connectivity index (χ1) is 12.6. The van der Waals surface area contributed by atoms with E-state index in [1.54, 1.807) is 35.2 Å². The molecule has 8 heteroatoms. The van der Waals surface area contributed by atoms with Gasteiger partial charge < -0.3 is 9.67 Å². The van der Waals surface area contributed by atoms with Gasteiger partial charge in [-0.1, -0.05) is 6.07 Å². The van der Waals surface area contributed by atoms with Gasteiger partial charge in [0.2, 0.25) is 0 Å². The number of pyridine rings is 1. The Morgan fingerprint density at radius 1 is 1.38 bits per heavy atom. The van der Waals surface area contributed by atoms with Crippen LogP contribution in [0.2, 0.25) is 0 Å². The maximum absolute atomic E-state index is 14.4. The van der Waals surface area contributed by atoms with Crippen LogP contribution in [0.4, 0.5) is 4.39 Å². The maximum Gasteiger partial charge on any atom is 0.291 e. The smallest absolute Gasteiger partial charge is 0.291 e. The average Bonchev–Trinajstić information content (AvgIpc) is 3.02. The van der Waals surface area contributed by atoms with E-state index >= 15 is 0 Å². The summed E-state index contributed by atoms with van der Waals surface area (Å²) in [5.41, 5.74) is 3.78. The molecule has 0 atom stereocenters. The molecule has 2 heterocycles. The number of benzene rings is 1. The topological polar surface area (TPSA) is 76.4 Å². The molecule has 0 aliphatic heterocycles. The Labute approximate surface area is 153 Å². The van der Waals surface area contributed by atoms with Gasteiger partial charge in [0.05, 0.1) is 31.5 Å². The molecule has 6 nitrogen and oxygen atoms in total. The van der Waals surface area contributed by atoms with Crippen molar-refractivity contribution in [3.63, 3.8) is 0 Å². The van der Waals surface area contributed by atoms with E-state index in [0.29, 0.717) is 16.8 Å². The van der Waals surface area contributed by atoms with E-state index in [2.05, 4.69) is 10.5 Å². The zero-order valence-electron chi connectivity index (χ0n) is 14.1. The van der Waals surface area contributed by atoms with Crippen LogP contribution in [0, 0.1) is 5.82 Å². The second kappa shape index (κ2) is 8.31. The van der Waals surface area contributed by atoms with Crippen LogP contribution in [0.1, 0.15) is 16.1 Å². The molecule has 3 aromatic rings. The first kappa shape index (κ1) is 18.4. The largest absolute Gasteiger partial charge is 0.394 e. The fraction of sp³-hybridized carbons (Fsp3) is 0.222. The number of hydrogen-bond donors (Lipinski definition) is 2. The molecule has 136 valence electrons. The van der Waals surface area contributed by atoms with Gasteiger partial charge in [0, 0.05) is 22.0 Å². The number of aliphatic hydroxyl groups is 1. The van der Waals surface area contributed by atoms with Gasteiger partial charge >= 0.3 is 0 Å². The molecular weight excluding hydrogens is 357 g/mol. The van der Waals surface area contributed by atoms with Crippen LogP contribution >= 0.6 is 11.8 Å². The van der Waals surface area contributed by atoms with E-state index in [1.807, 2.05) is 12.3 Å². The number of thioether (sulfide) groups is 1. The van der Waals surface area contributed by atoms with Crippen LogP contribution in [0.5, 0.6) is 0 Å². The Morgan fingerprint density at radius 2 is 2.23 bits per heavy atom. The molecule has 0 bridgehead atoms. The number of aliphatic hydroxyl groups excluding tert-OH is 1. The Morgan fingerprint density at radius 3 is 2.96 bits per heavy atom. The Hall–Kier alpha value is -2.42. The third-order valence-corrected chi connectivity index (χ3v) is 4.61. The molecule has 0 saturated heterocycles. The fourth-order valence-corrected chi connectivity index (χ4v) is 3.05. The van der Waals surface area contributed by atoms with E-state index in [-0.39, 0.29) is 25.6 Å². The van der Waals surface area contributed by atoms with E-state index in [9.17, 15) is 9.18 Å². The predicted octanol–water partition coefficient (Wildman–Crippen LogP) is 2.60. The summed E-state index contributed by atoms with van der Waals surface area (Å²) in [6, 6.07) is 8.52. The monoisotopic (exact) mass is 375 g/mol. The molecule has 26 heavy (non-hydrogen) atoms. The van der Waals surface area contributed by atoms with Crippen LogP contribution < -0.4 is 5.48 Å². The number of halogens is 1. The lowest BCUT2D eigenvalue weighted by atomic mass is 10.2. The molecular formula is C18H18FN3O3S. The number of rotatable bonds is 7. The van der Waals surface area contributed by atoms with Crippen molar-refractivity contribution in [1.82, 2.24) is 15.0 Å². The van der Waals surface area contributed by atoms with Crippen molar-refractivity contribution in [2.24, 2.45) is 0 Å². The average molecular weight is 375 g/mol. The lowest BCUT2D eigenvalue weighted by Gasteiger charge is -2.12. The number of nitrogens with zero attached hydrogens (tertiary/aromatic N) is 2. The van der Waals surface area contributed by atoms with Crippen molar-refractivity contribution in [1.29, 1.82) is 0 Å². The van der Waals surface area contributed by atoms with Crippen LogP contribution in [-0.4, -0.2) is 40.0 Å². The van der Waals surface area contributed by atoms with Crippen LogP contribution in [-0.2, 0) is 11.4 Å². The first-order valence-electron chi connectivity index (χ1n) is 7.92. The summed E-state index contributed by atoms with van der Waals surface area (Å²) in [5, 5.41) is 9.57. The lowest BCUT2D eigenvalue weighted by Crippen LogP contribution is -2.27. The maximum atomic E-state index is 14.4. The van der Waals surface area contributed by atoms with E-state index in [1.165, 1.54) is 17.8 Å². The molecule has 1 aromatic carbocycles. The van der Waals surface area contributed by atoms with Gasteiger partial charge in [-0.3, -0.25) is 14.6 Å². The van der Waals surface area contributed by atoms with E-state index in [0.717, 1.165) is 10.3 Å². The minimum atomic E-state index is -0.476. The normalized spacial score (nSPS) is 11.0. The van der Waals surface area contributed by atoms with Gasteiger partial charge in [-0.15, -0.1) is 11.8 Å². The van der Waals surface area contributed by atoms with Crippen molar-refractivity contribution >= 4 is 28.6 Å². The SMILES string of the molecule is CSc1ccc(Cn2c(C(=O)NOCCO)cc3ccncc32)c(F)c1. The standard InChI is InChI=1S/C18H18FN3O3S/c1-26-14-3-2-13(15(19)9-14)11-22-16(18(24)21-25-7-6-23)8-12-4-5-20-10-17(12)22/h2-5,8-10,23H,6-7,11H2,1H3,(H,21,24). The minimum Gasteiger partial charge on any atom is -0.394 e. The summed E-state index contributed by atoms with van der Waals surface area (Å²) < 4.78 is 16.1. The second-order valence-corrected chi connectivity index (χ2v) is 6.39. The molecule has 0 aliphatic carbocycles. The number of amides is 1. The lowest BCUT2D eigenvalue weighted by molar-refractivity contribution is 0.0162. The first-order valence-corrected chi connectivity index (χ1v) is 9.15. The number of hydroxylamine groups is 1. The molecule has 0 radical (unpaired) electrons. The molecule has 0 saturated carbocycles. The van der Waals surface area contributed by atoms with Gasteiger partial charge in [-0.05, 0) is 30.5 Å². The van der Waals surface area contributed by atoms with E-state index < -0.39 is 5.91 Å². The summed E-state index contributed by atoms with van der Waals surface area (Å²) in [7, 11) is 0. The molecule has 2 aromatic heterocycles. The number of fused-ring (bicyclic) bond motifs is 1. The van der Waals surface area contributed by atoms with Crippen molar-refractivity contribution < 1.29 is 19.1 Å². The quantitative estimate of drug-likeness (QED) is 0.377. The van der Waals surface area contributed by atoms with Crippen molar-refractivity contribution in [2.75, 3.05) is 19.5 Å². The van der Waals surface area contributed by atoms with Gasteiger partial charge in [-0.25, -0.2) is 9.87 Å². The van der Waals surface area contributed by atoms with Crippen LogP contribution in [0.15, 0.2) is 47.6 Å². The number of aromatic nitrogens is 2. The highest BCUT2D eigenvalue weighted by Crippen LogP contribution is 2.23. The Kier molecular flexibility index (Phi) is 5.87. The third-order valence-electron chi connectivity index (χ3n) is 3.89. The van der Waals surface area contributed by atoms with E-state index in [4.69, 9.17) is 9.94 Å². The summed E-state index contributed by atoms with van der Waals surface area (Å²) in [4.78, 5) is 22.3. The van der Waals surface area contributed by atoms with Crippen molar-refractivity contribution in [3.05, 3.63) is 59.8 Å². The summed E-state index contributed by atoms with van der Waals surface area (Å²) in [5.74, 6) is -0.804. The molecule has 0 spiro atoms. The molecule has 2 N–H and O–H groups in total. The highest BCUT2D eigenvalue weighted by molar-refractivity contribution is 7.98. The highest BCUT2D eigenvalue weighted by atomic mass is 32.2. The van der Waals surface area contributed by atoms with Crippen molar-refractivity contribution in [3.8, 4) is 0 Å². The number of hydrogen-bond acceptors (Lipinski definition) is 5. The second-order valence-electron chi connectivity index (χ2n) is 5.51.